The van der Waals surface area contributed by atoms with E-state index in [2.05, 4.69) is 74.4 Å². The highest BCUT2D eigenvalue weighted by atomic mass is 15.2. The number of H-pyrrole nitrogens is 1. The minimum absolute atomic E-state index is 0.801. The van der Waals surface area contributed by atoms with Gasteiger partial charge in [-0.3, -0.25) is 0 Å². The van der Waals surface area contributed by atoms with Gasteiger partial charge in [0.2, 0.25) is 0 Å². The summed E-state index contributed by atoms with van der Waals surface area (Å²) in [6, 6.07) is 25.1. The number of hydrogen-bond acceptors (Lipinski definition) is 3. The molecule has 2 heterocycles. The van der Waals surface area contributed by atoms with Crippen LogP contribution in [-0.2, 0) is 13.1 Å². The Labute approximate surface area is 153 Å². The molecule has 0 radical (unpaired) electrons. The predicted molar refractivity (Wildman–Crippen MR) is 105 cm³/mol. The molecule has 0 aliphatic rings. The zero-order valence-electron chi connectivity index (χ0n) is 14.4. The zero-order chi connectivity index (χ0) is 17.6. The molecule has 26 heavy (non-hydrogen) atoms. The summed E-state index contributed by atoms with van der Waals surface area (Å²) in [4.78, 5) is 14.2. The van der Waals surface area contributed by atoms with Gasteiger partial charge in [0.15, 0.2) is 0 Å². The summed E-state index contributed by atoms with van der Waals surface area (Å²) in [7, 11) is 0. The van der Waals surface area contributed by atoms with Crippen LogP contribution in [0, 0.1) is 0 Å². The first kappa shape index (κ1) is 16.1. The van der Waals surface area contributed by atoms with Crippen molar-refractivity contribution in [3.05, 3.63) is 103 Å². The lowest BCUT2D eigenvalue weighted by atomic mass is 10.1. The second-order valence-electron chi connectivity index (χ2n) is 6.20. The van der Waals surface area contributed by atoms with Crippen LogP contribution in [0.1, 0.15) is 11.1 Å². The number of rotatable bonds is 6. The summed E-state index contributed by atoms with van der Waals surface area (Å²) in [5, 5.41) is 0. The monoisotopic (exact) mass is 340 g/mol. The summed E-state index contributed by atoms with van der Waals surface area (Å²) < 4.78 is 0. The van der Waals surface area contributed by atoms with Gasteiger partial charge in [0.1, 0.15) is 5.82 Å². The molecule has 0 bridgehead atoms. The molecule has 0 amide bonds. The summed E-state index contributed by atoms with van der Waals surface area (Å²) in [6.45, 7) is 1.60. The lowest BCUT2D eigenvalue weighted by molar-refractivity contribution is 0.784. The third-order valence-electron chi connectivity index (χ3n) is 4.31. The van der Waals surface area contributed by atoms with Crippen molar-refractivity contribution >= 4 is 5.82 Å². The first-order chi connectivity index (χ1) is 12.9. The van der Waals surface area contributed by atoms with E-state index in [1.165, 1.54) is 11.1 Å². The highest BCUT2D eigenvalue weighted by Gasteiger charge is 2.11. The number of benzene rings is 2. The fourth-order valence-electron chi connectivity index (χ4n) is 3.00. The molecule has 0 atom stereocenters. The third-order valence-corrected chi connectivity index (χ3v) is 4.31. The molecule has 2 aromatic heterocycles. The molecular formula is C22H20N4. The van der Waals surface area contributed by atoms with Crippen LogP contribution in [0.15, 0.2) is 91.5 Å². The number of nitrogens with one attached hydrogen (secondary N) is 1. The summed E-state index contributed by atoms with van der Waals surface area (Å²) in [5.41, 5.74) is 4.60. The Morgan fingerprint density at radius 2 is 1.46 bits per heavy atom. The van der Waals surface area contributed by atoms with Gasteiger partial charge in [-0.15, -0.1) is 0 Å². The predicted octanol–water partition coefficient (Wildman–Crippen LogP) is 4.68. The molecule has 0 saturated heterocycles. The molecule has 2 aromatic carbocycles. The normalized spacial score (nSPS) is 10.6. The standard InChI is InChI=1S/C22H20N4/c1-3-7-18(8-4-1)15-26(16-19-9-5-2-6-10-19)22-13-20(11-12-24-22)21-14-23-17-25-21/h1-14,17H,15-16H2,(H,23,25). The van der Waals surface area contributed by atoms with Crippen molar-refractivity contribution in [1.29, 1.82) is 0 Å². The maximum absolute atomic E-state index is 4.63. The summed E-state index contributed by atoms with van der Waals surface area (Å²) in [6.07, 6.45) is 5.38. The second-order valence-corrected chi connectivity index (χ2v) is 6.20. The van der Waals surface area contributed by atoms with E-state index in [1.807, 2.05) is 30.6 Å². The third kappa shape index (κ3) is 3.81. The topological polar surface area (TPSA) is 44.8 Å². The molecule has 4 nitrogen and oxygen atoms in total. The molecule has 0 fully saturated rings. The van der Waals surface area contributed by atoms with Gasteiger partial charge >= 0.3 is 0 Å². The lowest BCUT2D eigenvalue weighted by Crippen LogP contribution is -2.23. The maximum Gasteiger partial charge on any atom is 0.129 e. The lowest BCUT2D eigenvalue weighted by Gasteiger charge is -2.24. The van der Waals surface area contributed by atoms with Crippen LogP contribution in [0.2, 0.25) is 0 Å². The number of hydrogen-bond donors (Lipinski definition) is 1. The molecule has 4 aromatic rings. The minimum Gasteiger partial charge on any atom is -0.348 e. The molecule has 0 aliphatic heterocycles. The molecule has 0 unspecified atom stereocenters. The Bertz CT molecular complexity index is 893. The largest absolute Gasteiger partial charge is 0.348 e. The fraction of sp³-hybridized carbons (Fsp3) is 0.0909. The molecule has 0 aliphatic carbocycles. The van der Waals surface area contributed by atoms with Crippen LogP contribution >= 0.6 is 0 Å². The van der Waals surface area contributed by atoms with Gasteiger partial charge in [0.25, 0.3) is 0 Å². The van der Waals surface area contributed by atoms with Gasteiger partial charge in [-0.05, 0) is 23.3 Å². The molecule has 0 saturated carbocycles. The highest BCUT2D eigenvalue weighted by Crippen LogP contribution is 2.23. The van der Waals surface area contributed by atoms with Gasteiger partial charge in [0.05, 0.1) is 18.2 Å². The van der Waals surface area contributed by atoms with Crippen LogP contribution < -0.4 is 4.90 Å². The molecule has 1 N–H and O–H groups in total. The van der Waals surface area contributed by atoms with Crippen molar-refractivity contribution < 1.29 is 0 Å². The first-order valence-electron chi connectivity index (χ1n) is 8.66. The second kappa shape index (κ2) is 7.66. The van der Waals surface area contributed by atoms with Crippen LogP contribution in [0.25, 0.3) is 11.3 Å². The molecule has 0 spiro atoms. The number of aromatic nitrogens is 3. The van der Waals surface area contributed by atoms with Crippen molar-refractivity contribution in [3.63, 3.8) is 0 Å². The van der Waals surface area contributed by atoms with Crippen molar-refractivity contribution in [1.82, 2.24) is 15.0 Å². The highest BCUT2D eigenvalue weighted by molar-refractivity contribution is 5.62. The average molecular weight is 340 g/mol. The number of pyridine rings is 1. The van der Waals surface area contributed by atoms with Crippen molar-refractivity contribution in [2.45, 2.75) is 13.1 Å². The van der Waals surface area contributed by atoms with E-state index in [0.717, 1.165) is 30.2 Å². The Hall–Kier alpha value is -3.40. The number of anilines is 1. The number of aromatic amines is 1. The van der Waals surface area contributed by atoms with E-state index in [1.54, 1.807) is 6.33 Å². The minimum atomic E-state index is 0.801. The number of imidazole rings is 1. The van der Waals surface area contributed by atoms with E-state index in [4.69, 9.17) is 0 Å². The maximum atomic E-state index is 4.63. The van der Waals surface area contributed by atoms with Gasteiger partial charge < -0.3 is 9.88 Å². The Morgan fingerprint density at radius 1 is 0.808 bits per heavy atom. The summed E-state index contributed by atoms with van der Waals surface area (Å²) in [5.74, 6) is 0.949. The Balaban J connectivity index is 1.67. The van der Waals surface area contributed by atoms with E-state index < -0.39 is 0 Å². The number of nitrogens with zero attached hydrogens (tertiary/aromatic N) is 3. The van der Waals surface area contributed by atoms with E-state index in [-0.39, 0.29) is 0 Å². The molecule has 4 rings (SSSR count). The van der Waals surface area contributed by atoms with Gasteiger partial charge in [-0.1, -0.05) is 60.7 Å². The quantitative estimate of drug-likeness (QED) is 0.554. The van der Waals surface area contributed by atoms with E-state index in [0.29, 0.717) is 0 Å². The van der Waals surface area contributed by atoms with Crippen LogP contribution in [0.5, 0.6) is 0 Å². The van der Waals surface area contributed by atoms with Crippen LogP contribution in [0.3, 0.4) is 0 Å². The van der Waals surface area contributed by atoms with Crippen molar-refractivity contribution in [2.24, 2.45) is 0 Å². The van der Waals surface area contributed by atoms with Gasteiger partial charge in [-0.2, -0.15) is 0 Å². The fourth-order valence-corrected chi connectivity index (χ4v) is 3.00. The van der Waals surface area contributed by atoms with E-state index >= 15 is 0 Å². The van der Waals surface area contributed by atoms with Gasteiger partial charge in [-0.25, -0.2) is 9.97 Å². The van der Waals surface area contributed by atoms with Crippen LogP contribution in [0.4, 0.5) is 5.82 Å². The SMILES string of the molecule is c1ccc(CN(Cc2ccccc2)c2cc(-c3cnc[nH]3)ccn2)cc1. The van der Waals surface area contributed by atoms with Crippen LogP contribution in [-0.4, -0.2) is 15.0 Å². The summed E-state index contributed by atoms with van der Waals surface area (Å²) >= 11 is 0. The Kier molecular flexibility index (Phi) is 4.74. The zero-order valence-corrected chi connectivity index (χ0v) is 14.4. The molecular weight excluding hydrogens is 320 g/mol. The molecule has 128 valence electrons. The van der Waals surface area contributed by atoms with Gasteiger partial charge in [0, 0.05) is 24.8 Å². The average Bonchev–Trinajstić information content (AvgIpc) is 3.24. The van der Waals surface area contributed by atoms with Crippen molar-refractivity contribution in [3.8, 4) is 11.3 Å². The smallest absolute Gasteiger partial charge is 0.129 e. The van der Waals surface area contributed by atoms with E-state index in [9.17, 15) is 0 Å². The molecule has 4 heteroatoms. The Morgan fingerprint density at radius 3 is 2.04 bits per heavy atom. The van der Waals surface area contributed by atoms with Crippen molar-refractivity contribution in [2.75, 3.05) is 4.90 Å². The first-order valence-corrected chi connectivity index (χ1v) is 8.66.